The highest BCUT2D eigenvalue weighted by molar-refractivity contribution is 5.80. The number of methoxy groups -OCH3 is 2. The van der Waals surface area contributed by atoms with Crippen LogP contribution in [0, 0.1) is 0 Å². The van der Waals surface area contributed by atoms with Crippen molar-refractivity contribution in [1.29, 1.82) is 0 Å². The molecule has 116 valence electrons. The van der Waals surface area contributed by atoms with Crippen molar-refractivity contribution in [2.45, 2.75) is 19.8 Å². The summed E-state index contributed by atoms with van der Waals surface area (Å²) >= 11 is 0. The Morgan fingerprint density at radius 2 is 1.50 bits per heavy atom. The lowest BCUT2D eigenvalue weighted by Gasteiger charge is -2.07. The van der Waals surface area contributed by atoms with Crippen LogP contribution in [0.3, 0.4) is 0 Å². The topological polar surface area (TPSA) is 83.4 Å². The molecule has 0 aliphatic carbocycles. The molecule has 22 heavy (non-hydrogen) atoms. The summed E-state index contributed by atoms with van der Waals surface area (Å²) in [4.78, 5) is 23.3. The van der Waals surface area contributed by atoms with E-state index in [0.717, 1.165) is 5.56 Å². The Labute approximate surface area is 128 Å². The molecule has 0 aliphatic heterocycles. The second-order valence-corrected chi connectivity index (χ2v) is 4.41. The highest BCUT2D eigenvalue weighted by Gasteiger charge is 2.09. The Balaban J connectivity index is 2.12. The van der Waals surface area contributed by atoms with Crippen molar-refractivity contribution in [1.82, 2.24) is 15.0 Å². The van der Waals surface area contributed by atoms with Gasteiger partial charge in [-0.3, -0.25) is 4.79 Å². The van der Waals surface area contributed by atoms with Crippen molar-refractivity contribution in [2.75, 3.05) is 14.2 Å². The Morgan fingerprint density at radius 3 is 2.00 bits per heavy atom. The fourth-order valence-electron chi connectivity index (χ4n) is 1.68. The lowest BCUT2D eigenvalue weighted by Crippen LogP contribution is -2.02. The summed E-state index contributed by atoms with van der Waals surface area (Å²) in [6.45, 7) is 1.85. The molecular weight excluding hydrogens is 286 g/mol. The molecule has 1 aromatic carbocycles. The van der Waals surface area contributed by atoms with Gasteiger partial charge in [0.05, 0.1) is 14.2 Å². The molecule has 0 unspecified atom stereocenters. The molecule has 1 heterocycles. The number of benzene rings is 1. The molecule has 7 heteroatoms. The number of carbonyl (C=O) groups excluding carboxylic acids is 1. The van der Waals surface area contributed by atoms with Gasteiger partial charge < -0.3 is 14.2 Å². The summed E-state index contributed by atoms with van der Waals surface area (Å²) in [5.74, 6) is 0.739. The largest absolute Gasteiger partial charge is 0.467 e. The normalized spacial score (nSPS) is 10.1. The van der Waals surface area contributed by atoms with Gasteiger partial charge >= 0.3 is 18.0 Å². The minimum Gasteiger partial charge on any atom is -0.467 e. The molecule has 0 atom stereocenters. The second kappa shape index (κ2) is 7.35. The van der Waals surface area contributed by atoms with Crippen LogP contribution >= 0.6 is 0 Å². The van der Waals surface area contributed by atoms with Crippen LogP contribution in [0.25, 0.3) is 0 Å². The standard InChI is InChI=1S/C15H17N3O4/c1-4-11(19)9-10-5-7-12(8-6-10)22-15-17-13(20-2)16-14(18-15)21-3/h5-8H,4,9H2,1-3H3. The van der Waals surface area contributed by atoms with Crippen LogP contribution in [0.2, 0.25) is 0 Å². The van der Waals surface area contributed by atoms with Crippen molar-refractivity contribution in [3.8, 4) is 23.8 Å². The van der Waals surface area contributed by atoms with Crippen LogP contribution in [0.4, 0.5) is 0 Å². The minimum atomic E-state index is 0.0704. The number of hydrogen-bond acceptors (Lipinski definition) is 7. The zero-order valence-corrected chi connectivity index (χ0v) is 12.7. The van der Waals surface area contributed by atoms with Gasteiger partial charge in [-0.15, -0.1) is 15.0 Å². The highest BCUT2D eigenvalue weighted by Crippen LogP contribution is 2.21. The van der Waals surface area contributed by atoms with E-state index >= 15 is 0 Å². The Hall–Kier alpha value is -2.70. The quantitative estimate of drug-likeness (QED) is 0.775. The van der Waals surface area contributed by atoms with Crippen LogP contribution in [0.15, 0.2) is 24.3 Å². The molecule has 1 aromatic heterocycles. The molecule has 7 nitrogen and oxygen atoms in total. The summed E-state index contributed by atoms with van der Waals surface area (Å²) in [6, 6.07) is 7.44. The lowest BCUT2D eigenvalue weighted by atomic mass is 10.1. The summed E-state index contributed by atoms with van der Waals surface area (Å²) in [5, 5.41) is 0. The Bertz CT molecular complexity index is 621. The number of Topliss-reactive ketones (excluding diaryl/α,β-unsaturated/α-hetero) is 1. The molecule has 0 saturated carbocycles. The van der Waals surface area contributed by atoms with Crippen LogP contribution in [-0.4, -0.2) is 35.0 Å². The molecule has 2 rings (SSSR count). The third kappa shape index (κ3) is 4.15. The molecular formula is C15H17N3O4. The van der Waals surface area contributed by atoms with E-state index in [1.54, 1.807) is 12.1 Å². The number of carbonyl (C=O) groups is 1. The first-order valence-corrected chi connectivity index (χ1v) is 6.77. The van der Waals surface area contributed by atoms with Crippen molar-refractivity contribution < 1.29 is 19.0 Å². The first-order chi connectivity index (χ1) is 10.6. The van der Waals surface area contributed by atoms with Gasteiger partial charge in [-0.05, 0) is 17.7 Å². The average Bonchev–Trinajstić information content (AvgIpc) is 2.56. The second-order valence-electron chi connectivity index (χ2n) is 4.41. The maximum absolute atomic E-state index is 11.4. The van der Waals surface area contributed by atoms with E-state index in [2.05, 4.69) is 15.0 Å². The van der Waals surface area contributed by atoms with Gasteiger partial charge in [-0.1, -0.05) is 19.1 Å². The van der Waals surface area contributed by atoms with Gasteiger partial charge in [-0.25, -0.2) is 0 Å². The van der Waals surface area contributed by atoms with Crippen LogP contribution in [-0.2, 0) is 11.2 Å². The Kier molecular flexibility index (Phi) is 5.24. The van der Waals surface area contributed by atoms with Crippen molar-refractivity contribution in [3.63, 3.8) is 0 Å². The molecule has 0 saturated heterocycles. The van der Waals surface area contributed by atoms with E-state index in [1.807, 2.05) is 19.1 Å². The van der Waals surface area contributed by atoms with Crippen molar-refractivity contribution in [3.05, 3.63) is 29.8 Å². The van der Waals surface area contributed by atoms with Crippen molar-refractivity contribution >= 4 is 5.78 Å². The van der Waals surface area contributed by atoms with E-state index in [-0.39, 0.29) is 23.8 Å². The molecule has 0 spiro atoms. The van der Waals surface area contributed by atoms with Crippen LogP contribution < -0.4 is 14.2 Å². The number of nitrogens with zero attached hydrogens (tertiary/aromatic N) is 3. The number of hydrogen-bond donors (Lipinski definition) is 0. The van der Waals surface area contributed by atoms with E-state index < -0.39 is 0 Å². The lowest BCUT2D eigenvalue weighted by molar-refractivity contribution is -0.118. The fraction of sp³-hybridized carbons (Fsp3) is 0.333. The van der Waals surface area contributed by atoms with Gasteiger partial charge in [0, 0.05) is 12.8 Å². The molecule has 0 bridgehead atoms. The monoisotopic (exact) mass is 303 g/mol. The van der Waals surface area contributed by atoms with Crippen LogP contribution in [0.1, 0.15) is 18.9 Å². The Morgan fingerprint density at radius 1 is 0.955 bits per heavy atom. The number of aromatic nitrogens is 3. The summed E-state index contributed by atoms with van der Waals surface area (Å²) in [6.07, 6.45) is 0.951. The predicted octanol–water partition coefficient (Wildman–Crippen LogP) is 2.20. The highest BCUT2D eigenvalue weighted by atomic mass is 16.5. The summed E-state index contributed by atoms with van der Waals surface area (Å²) < 4.78 is 15.4. The third-order valence-corrected chi connectivity index (χ3v) is 2.87. The van der Waals surface area contributed by atoms with Gasteiger partial charge in [0.1, 0.15) is 11.5 Å². The maximum Gasteiger partial charge on any atom is 0.331 e. The first-order valence-electron chi connectivity index (χ1n) is 6.77. The van der Waals surface area contributed by atoms with E-state index in [4.69, 9.17) is 14.2 Å². The molecule has 2 aromatic rings. The van der Waals surface area contributed by atoms with E-state index in [1.165, 1.54) is 14.2 Å². The number of ketones is 1. The number of ether oxygens (including phenoxy) is 3. The van der Waals surface area contributed by atoms with E-state index in [0.29, 0.717) is 18.6 Å². The SMILES string of the molecule is CCC(=O)Cc1ccc(Oc2nc(OC)nc(OC)n2)cc1. The molecule has 0 aliphatic rings. The fourth-order valence-corrected chi connectivity index (χ4v) is 1.68. The van der Waals surface area contributed by atoms with Crippen molar-refractivity contribution in [2.24, 2.45) is 0 Å². The van der Waals surface area contributed by atoms with Gasteiger partial charge in [0.15, 0.2) is 0 Å². The molecule has 0 fully saturated rings. The zero-order chi connectivity index (χ0) is 15.9. The first kappa shape index (κ1) is 15.7. The summed E-state index contributed by atoms with van der Waals surface area (Å²) in [7, 11) is 2.89. The summed E-state index contributed by atoms with van der Waals surface area (Å²) in [5.41, 5.74) is 0.935. The molecule has 0 amide bonds. The third-order valence-electron chi connectivity index (χ3n) is 2.87. The van der Waals surface area contributed by atoms with Gasteiger partial charge in [0.2, 0.25) is 0 Å². The van der Waals surface area contributed by atoms with Gasteiger partial charge in [-0.2, -0.15) is 0 Å². The number of rotatable bonds is 7. The van der Waals surface area contributed by atoms with Crippen LogP contribution in [0.5, 0.6) is 23.8 Å². The minimum absolute atomic E-state index is 0.0704. The molecule has 0 N–H and O–H groups in total. The van der Waals surface area contributed by atoms with E-state index in [9.17, 15) is 4.79 Å². The van der Waals surface area contributed by atoms with Gasteiger partial charge in [0.25, 0.3) is 0 Å². The predicted molar refractivity (Wildman–Crippen MR) is 78.4 cm³/mol. The zero-order valence-electron chi connectivity index (χ0n) is 12.7. The maximum atomic E-state index is 11.4. The average molecular weight is 303 g/mol. The molecule has 0 radical (unpaired) electrons. The smallest absolute Gasteiger partial charge is 0.331 e.